The summed E-state index contributed by atoms with van der Waals surface area (Å²) in [5.74, 6) is 0.223. The van der Waals surface area contributed by atoms with E-state index in [1.165, 1.54) is 0 Å². The minimum atomic E-state index is 0.223. The SMILES string of the molecule is Cc1nc2ccc(-c3cccc4[nH]ncc34)cc2cc1O. The molecular formula is C17H13N3O. The second kappa shape index (κ2) is 4.31. The van der Waals surface area contributed by atoms with Gasteiger partial charge in [-0.25, -0.2) is 4.98 Å². The van der Waals surface area contributed by atoms with E-state index in [-0.39, 0.29) is 5.75 Å². The summed E-state index contributed by atoms with van der Waals surface area (Å²) >= 11 is 0. The van der Waals surface area contributed by atoms with Gasteiger partial charge in [-0.3, -0.25) is 5.10 Å². The van der Waals surface area contributed by atoms with E-state index in [0.717, 1.165) is 32.9 Å². The number of aromatic nitrogens is 3. The van der Waals surface area contributed by atoms with Gasteiger partial charge in [0.25, 0.3) is 0 Å². The lowest BCUT2D eigenvalue weighted by Gasteiger charge is -2.07. The maximum atomic E-state index is 9.84. The first kappa shape index (κ1) is 11.9. The predicted molar refractivity (Wildman–Crippen MR) is 83.2 cm³/mol. The van der Waals surface area contributed by atoms with Crippen molar-refractivity contribution in [3.63, 3.8) is 0 Å². The first-order valence-corrected chi connectivity index (χ1v) is 6.75. The van der Waals surface area contributed by atoms with E-state index in [1.807, 2.05) is 36.5 Å². The first-order valence-electron chi connectivity index (χ1n) is 6.75. The van der Waals surface area contributed by atoms with Crippen molar-refractivity contribution in [3.8, 4) is 16.9 Å². The fourth-order valence-corrected chi connectivity index (χ4v) is 2.65. The summed E-state index contributed by atoms with van der Waals surface area (Å²) in [6.07, 6.45) is 1.83. The van der Waals surface area contributed by atoms with E-state index in [0.29, 0.717) is 5.69 Å². The molecule has 4 rings (SSSR count). The lowest BCUT2D eigenvalue weighted by molar-refractivity contribution is 0.469. The molecule has 0 aliphatic rings. The second-order valence-electron chi connectivity index (χ2n) is 5.14. The molecule has 0 unspecified atom stereocenters. The highest BCUT2D eigenvalue weighted by Crippen LogP contribution is 2.30. The molecule has 2 aromatic heterocycles. The fraction of sp³-hybridized carbons (Fsp3) is 0.0588. The quantitative estimate of drug-likeness (QED) is 0.555. The fourth-order valence-electron chi connectivity index (χ4n) is 2.65. The number of aromatic hydroxyl groups is 1. The van der Waals surface area contributed by atoms with Crippen LogP contribution in [0.3, 0.4) is 0 Å². The zero-order chi connectivity index (χ0) is 14.4. The van der Waals surface area contributed by atoms with Crippen molar-refractivity contribution >= 4 is 21.8 Å². The number of H-pyrrole nitrogens is 1. The molecule has 0 spiro atoms. The van der Waals surface area contributed by atoms with Crippen LogP contribution < -0.4 is 0 Å². The number of hydrogen-bond donors (Lipinski definition) is 2. The minimum absolute atomic E-state index is 0.223. The van der Waals surface area contributed by atoms with Crippen LogP contribution in [0.2, 0.25) is 0 Å². The van der Waals surface area contributed by atoms with Gasteiger partial charge in [0.05, 0.1) is 22.9 Å². The van der Waals surface area contributed by atoms with Crippen molar-refractivity contribution in [1.82, 2.24) is 15.2 Å². The van der Waals surface area contributed by atoms with Gasteiger partial charge in [0.1, 0.15) is 5.75 Å². The van der Waals surface area contributed by atoms with E-state index in [4.69, 9.17) is 0 Å². The maximum Gasteiger partial charge on any atom is 0.137 e. The molecule has 0 aliphatic carbocycles. The Morgan fingerprint density at radius 3 is 2.90 bits per heavy atom. The van der Waals surface area contributed by atoms with Crippen LogP contribution in [-0.4, -0.2) is 20.3 Å². The Balaban J connectivity index is 1.98. The highest BCUT2D eigenvalue weighted by atomic mass is 16.3. The average Bonchev–Trinajstić information content (AvgIpc) is 2.96. The Morgan fingerprint density at radius 2 is 2.00 bits per heavy atom. The lowest BCUT2D eigenvalue weighted by Crippen LogP contribution is -1.86. The molecule has 21 heavy (non-hydrogen) atoms. The summed E-state index contributed by atoms with van der Waals surface area (Å²) in [5, 5.41) is 18.9. The lowest BCUT2D eigenvalue weighted by atomic mass is 10.00. The molecule has 0 radical (unpaired) electrons. The average molecular weight is 275 g/mol. The summed E-state index contributed by atoms with van der Waals surface area (Å²) < 4.78 is 0. The van der Waals surface area contributed by atoms with Gasteiger partial charge >= 0.3 is 0 Å². The molecule has 0 saturated heterocycles. The summed E-state index contributed by atoms with van der Waals surface area (Å²) in [7, 11) is 0. The van der Waals surface area contributed by atoms with Gasteiger partial charge < -0.3 is 5.11 Å². The molecule has 0 bridgehead atoms. The van der Waals surface area contributed by atoms with Crippen LogP contribution in [-0.2, 0) is 0 Å². The number of nitrogens with one attached hydrogen (secondary N) is 1. The van der Waals surface area contributed by atoms with Crippen molar-refractivity contribution < 1.29 is 5.11 Å². The third kappa shape index (κ3) is 1.84. The Morgan fingerprint density at radius 1 is 1.10 bits per heavy atom. The zero-order valence-corrected chi connectivity index (χ0v) is 11.5. The van der Waals surface area contributed by atoms with Crippen molar-refractivity contribution in [1.29, 1.82) is 0 Å². The molecule has 0 saturated carbocycles. The molecule has 4 heteroatoms. The summed E-state index contributed by atoms with van der Waals surface area (Å²) in [6.45, 7) is 1.80. The number of pyridine rings is 1. The monoisotopic (exact) mass is 275 g/mol. The van der Waals surface area contributed by atoms with Crippen molar-refractivity contribution in [2.45, 2.75) is 6.92 Å². The third-order valence-electron chi connectivity index (χ3n) is 3.77. The highest BCUT2D eigenvalue weighted by Gasteiger charge is 2.07. The molecule has 4 aromatic rings. The molecule has 0 fully saturated rings. The second-order valence-corrected chi connectivity index (χ2v) is 5.14. The number of nitrogens with zero attached hydrogens (tertiary/aromatic N) is 2. The minimum Gasteiger partial charge on any atom is -0.506 e. The van der Waals surface area contributed by atoms with Crippen LogP contribution in [0.5, 0.6) is 5.75 Å². The molecule has 2 heterocycles. The Labute approximate surface area is 121 Å². The predicted octanol–water partition coefficient (Wildman–Crippen LogP) is 3.79. The van der Waals surface area contributed by atoms with Gasteiger partial charge in [-0.15, -0.1) is 0 Å². The molecule has 0 atom stereocenters. The number of rotatable bonds is 1. The van der Waals surface area contributed by atoms with Crippen LogP contribution in [0.1, 0.15) is 5.69 Å². The van der Waals surface area contributed by atoms with Gasteiger partial charge in [0, 0.05) is 10.8 Å². The highest BCUT2D eigenvalue weighted by molar-refractivity contribution is 5.96. The van der Waals surface area contributed by atoms with Crippen molar-refractivity contribution in [2.24, 2.45) is 0 Å². The molecule has 102 valence electrons. The first-order chi connectivity index (χ1) is 10.2. The van der Waals surface area contributed by atoms with Crippen molar-refractivity contribution in [3.05, 3.63) is 54.4 Å². The molecule has 4 nitrogen and oxygen atoms in total. The third-order valence-corrected chi connectivity index (χ3v) is 3.77. The van der Waals surface area contributed by atoms with E-state index in [1.54, 1.807) is 13.0 Å². The van der Waals surface area contributed by atoms with E-state index in [2.05, 4.69) is 21.2 Å². The summed E-state index contributed by atoms with van der Waals surface area (Å²) in [5.41, 5.74) is 4.74. The smallest absolute Gasteiger partial charge is 0.137 e. The normalized spacial score (nSPS) is 11.3. The largest absolute Gasteiger partial charge is 0.506 e. The molecule has 2 aromatic carbocycles. The van der Waals surface area contributed by atoms with Gasteiger partial charge in [-0.1, -0.05) is 18.2 Å². The van der Waals surface area contributed by atoms with Gasteiger partial charge in [0.15, 0.2) is 0 Å². The van der Waals surface area contributed by atoms with Gasteiger partial charge in [-0.05, 0) is 42.3 Å². The molecule has 2 N–H and O–H groups in total. The molecular weight excluding hydrogens is 262 g/mol. The van der Waals surface area contributed by atoms with Crippen LogP contribution >= 0.6 is 0 Å². The Kier molecular flexibility index (Phi) is 2.44. The maximum absolute atomic E-state index is 9.84. The molecule has 0 aliphatic heterocycles. The van der Waals surface area contributed by atoms with Crippen LogP contribution in [0.25, 0.3) is 32.9 Å². The van der Waals surface area contributed by atoms with E-state index >= 15 is 0 Å². The number of hydrogen-bond acceptors (Lipinski definition) is 3. The van der Waals surface area contributed by atoms with E-state index in [9.17, 15) is 5.11 Å². The van der Waals surface area contributed by atoms with Crippen LogP contribution in [0, 0.1) is 6.92 Å². The van der Waals surface area contributed by atoms with E-state index < -0.39 is 0 Å². The molecule has 0 amide bonds. The Hall–Kier alpha value is -2.88. The number of benzene rings is 2. The summed E-state index contributed by atoms with van der Waals surface area (Å²) in [4.78, 5) is 4.39. The standard InChI is InChI=1S/C17H13N3O/c1-10-17(21)8-12-7-11(5-6-15(12)19-10)13-3-2-4-16-14(13)9-18-20-16/h2-9,21H,1H3,(H,18,20). The number of aryl methyl sites for hydroxylation is 1. The topological polar surface area (TPSA) is 61.8 Å². The van der Waals surface area contributed by atoms with Crippen LogP contribution in [0.4, 0.5) is 0 Å². The van der Waals surface area contributed by atoms with Crippen molar-refractivity contribution in [2.75, 3.05) is 0 Å². The van der Waals surface area contributed by atoms with Crippen LogP contribution in [0.15, 0.2) is 48.7 Å². The number of aromatic amines is 1. The zero-order valence-electron chi connectivity index (χ0n) is 11.5. The van der Waals surface area contributed by atoms with Gasteiger partial charge in [0.2, 0.25) is 0 Å². The van der Waals surface area contributed by atoms with Gasteiger partial charge in [-0.2, -0.15) is 5.10 Å². The number of fused-ring (bicyclic) bond motifs is 2. The summed E-state index contributed by atoms with van der Waals surface area (Å²) in [6, 6.07) is 13.9. The Bertz CT molecular complexity index is 972.